The summed E-state index contributed by atoms with van der Waals surface area (Å²) in [6.45, 7) is -1.40. The van der Waals surface area contributed by atoms with Gasteiger partial charge in [-0.3, -0.25) is 14.3 Å². The van der Waals surface area contributed by atoms with Gasteiger partial charge in [0.05, 0.1) is 0 Å². The van der Waals surface area contributed by atoms with Crippen LogP contribution in [0.5, 0.6) is 0 Å². The van der Waals surface area contributed by atoms with Crippen molar-refractivity contribution < 1.29 is 8.78 Å². The highest BCUT2D eigenvalue weighted by Crippen LogP contribution is 2.04. The number of halogens is 2. The van der Waals surface area contributed by atoms with E-state index in [4.69, 9.17) is 0 Å². The summed E-state index contributed by atoms with van der Waals surface area (Å²) in [5, 5.41) is 0. The monoisotopic (exact) mass is 160 g/mol. The topological polar surface area (TPSA) is 34.9 Å². The van der Waals surface area contributed by atoms with Crippen LogP contribution in [0.25, 0.3) is 0 Å². The summed E-state index contributed by atoms with van der Waals surface area (Å²) in [5.74, 6) is 0. The Kier molecular flexibility index (Phi) is 1.98. The molecule has 0 spiro atoms. The van der Waals surface area contributed by atoms with E-state index in [1.54, 1.807) is 0 Å². The molecule has 1 heterocycles. The first-order valence-corrected chi connectivity index (χ1v) is 2.95. The molecule has 0 amide bonds. The number of aryl methyl sites for hydroxylation is 1. The molecule has 0 radical (unpaired) electrons. The van der Waals surface area contributed by atoms with Crippen LogP contribution in [-0.2, 0) is 0 Å². The van der Waals surface area contributed by atoms with E-state index < -0.39 is 12.1 Å². The summed E-state index contributed by atoms with van der Waals surface area (Å²) in [6.07, 6.45) is 2.13. The van der Waals surface area contributed by atoms with Gasteiger partial charge in [-0.2, -0.15) is 8.78 Å². The van der Waals surface area contributed by atoms with Crippen molar-refractivity contribution in [2.45, 2.75) is 13.5 Å². The molecule has 11 heavy (non-hydrogen) atoms. The van der Waals surface area contributed by atoms with E-state index in [-0.39, 0.29) is 5.69 Å². The summed E-state index contributed by atoms with van der Waals surface area (Å²) < 4.78 is 24.2. The van der Waals surface area contributed by atoms with Crippen LogP contribution in [0.4, 0.5) is 8.78 Å². The number of hydrogen-bond donors (Lipinski definition) is 0. The van der Waals surface area contributed by atoms with E-state index in [9.17, 15) is 13.6 Å². The number of aromatic nitrogens is 2. The number of nitrogens with zero attached hydrogens (tertiary/aromatic N) is 2. The highest BCUT2D eigenvalue weighted by molar-refractivity contribution is 4.94. The Morgan fingerprint density at radius 2 is 2.27 bits per heavy atom. The van der Waals surface area contributed by atoms with E-state index in [1.165, 1.54) is 13.1 Å². The molecule has 0 unspecified atom stereocenters. The Morgan fingerprint density at radius 1 is 1.64 bits per heavy atom. The van der Waals surface area contributed by atoms with E-state index >= 15 is 0 Å². The maximum Gasteiger partial charge on any atom is 0.321 e. The number of rotatable bonds is 1. The van der Waals surface area contributed by atoms with E-state index in [0.717, 1.165) is 6.20 Å². The van der Waals surface area contributed by atoms with Gasteiger partial charge in [0.25, 0.3) is 5.56 Å². The first kappa shape index (κ1) is 7.84. The van der Waals surface area contributed by atoms with Gasteiger partial charge in [0, 0.05) is 12.4 Å². The van der Waals surface area contributed by atoms with E-state index in [1.807, 2.05) is 0 Å². The smallest absolute Gasteiger partial charge is 0.267 e. The van der Waals surface area contributed by atoms with Crippen LogP contribution in [-0.4, -0.2) is 9.55 Å². The molecule has 1 rings (SSSR count). The molecular weight excluding hydrogens is 154 g/mol. The molecule has 0 atom stereocenters. The lowest BCUT2D eigenvalue weighted by Gasteiger charge is -2.02. The van der Waals surface area contributed by atoms with Crippen LogP contribution >= 0.6 is 0 Å². The minimum absolute atomic E-state index is 0.0767. The van der Waals surface area contributed by atoms with Crippen LogP contribution in [0.3, 0.4) is 0 Å². The van der Waals surface area contributed by atoms with Gasteiger partial charge >= 0.3 is 6.55 Å². The van der Waals surface area contributed by atoms with E-state index in [2.05, 4.69) is 4.98 Å². The molecule has 0 saturated carbocycles. The Hall–Kier alpha value is -1.26. The van der Waals surface area contributed by atoms with Gasteiger partial charge in [0.15, 0.2) is 0 Å². The van der Waals surface area contributed by atoms with Gasteiger partial charge < -0.3 is 0 Å². The molecule has 0 bridgehead atoms. The van der Waals surface area contributed by atoms with Crippen LogP contribution in [0.1, 0.15) is 12.2 Å². The second-order valence-corrected chi connectivity index (χ2v) is 2.00. The molecule has 60 valence electrons. The molecule has 3 nitrogen and oxygen atoms in total. The lowest BCUT2D eigenvalue weighted by atomic mass is 10.5. The first-order chi connectivity index (χ1) is 5.13. The maximum atomic E-state index is 11.9. The van der Waals surface area contributed by atoms with Crippen LogP contribution in [0.2, 0.25) is 0 Å². The predicted octanol–water partition coefficient (Wildman–Crippen LogP) is 0.947. The minimum Gasteiger partial charge on any atom is -0.267 e. The predicted molar refractivity (Wildman–Crippen MR) is 34.5 cm³/mol. The van der Waals surface area contributed by atoms with Crippen molar-refractivity contribution in [1.82, 2.24) is 9.55 Å². The van der Waals surface area contributed by atoms with Gasteiger partial charge in [-0.25, -0.2) is 0 Å². The van der Waals surface area contributed by atoms with Crippen LogP contribution in [0, 0.1) is 6.92 Å². The maximum absolute atomic E-state index is 11.9. The van der Waals surface area contributed by atoms with Crippen LogP contribution < -0.4 is 5.56 Å². The zero-order valence-electron chi connectivity index (χ0n) is 5.79. The normalized spacial score (nSPS) is 10.5. The summed E-state index contributed by atoms with van der Waals surface area (Å²) in [7, 11) is 0. The number of hydrogen-bond acceptors (Lipinski definition) is 2. The van der Waals surface area contributed by atoms with E-state index in [0.29, 0.717) is 4.57 Å². The summed E-state index contributed by atoms with van der Waals surface area (Å²) in [5.41, 5.74) is -0.671. The third-order valence-electron chi connectivity index (χ3n) is 1.25. The molecule has 5 heteroatoms. The number of alkyl halides is 2. The second kappa shape index (κ2) is 2.77. The standard InChI is InChI=1S/C6H6F2N2O/c1-4-5(11)10(6(7)8)3-2-9-4/h2-3,6H,1H3. The van der Waals surface area contributed by atoms with Gasteiger partial charge in [-0.1, -0.05) is 0 Å². The Morgan fingerprint density at radius 3 is 2.73 bits per heavy atom. The minimum atomic E-state index is -2.79. The van der Waals surface area contributed by atoms with Gasteiger partial charge in [0.1, 0.15) is 5.69 Å². The average Bonchev–Trinajstić information content (AvgIpc) is 1.94. The average molecular weight is 160 g/mol. The molecule has 0 aliphatic rings. The van der Waals surface area contributed by atoms with Crippen molar-refractivity contribution >= 4 is 0 Å². The molecule has 1 aromatic heterocycles. The molecule has 0 aliphatic carbocycles. The third-order valence-corrected chi connectivity index (χ3v) is 1.25. The molecule has 1 aromatic rings. The third kappa shape index (κ3) is 1.42. The van der Waals surface area contributed by atoms with Gasteiger partial charge in [0.2, 0.25) is 0 Å². The Balaban J connectivity index is 3.28. The second-order valence-electron chi connectivity index (χ2n) is 2.00. The molecular formula is C6H6F2N2O. The zero-order chi connectivity index (χ0) is 8.43. The summed E-state index contributed by atoms with van der Waals surface area (Å²) >= 11 is 0. The van der Waals surface area contributed by atoms with Crippen molar-refractivity contribution in [2.75, 3.05) is 0 Å². The lowest BCUT2D eigenvalue weighted by Crippen LogP contribution is -2.22. The van der Waals surface area contributed by atoms with Crippen molar-refractivity contribution in [2.24, 2.45) is 0 Å². The molecule has 0 aromatic carbocycles. The van der Waals surface area contributed by atoms with Gasteiger partial charge in [-0.15, -0.1) is 0 Å². The first-order valence-electron chi connectivity index (χ1n) is 2.95. The molecule has 0 N–H and O–H groups in total. The van der Waals surface area contributed by atoms with Crippen molar-refractivity contribution in [3.63, 3.8) is 0 Å². The quantitative estimate of drug-likeness (QED) is 0.613. The fraction of sp³-hybridized carbons (Fsp3) is 0.333. The summed E-state index contributed by atoms with van der Waals surface area (Å²) in [6, 6.07) is 0. The van der Waals surface area contributed by atoms with Crippen LogP contribution in [0.15, 0.2) is 17.2 Å². The SMILES string of the molecule is Cc1nccn(C(F)F)c1=O. The summed E-state index contributed by atoms with van der Waals surface area (Å²) in [4.78, 5) is 14.4. The Bertz CT molecular complexity index is 308. The lowest BCUT2D eigenvalue weighted by molar-refractivity contribution is 0.0657. The highest BCUT2D eigenvalue weighted by Gasteiger charge is 2.07. The zero-order valence-corrected chi connectivity index (χ0v) is 5.79. The molecule has 0 aliphatic heterocycles. The molecule has 0 fully saturated rings. The fourth-order valence-corrected chi connectivity index (χ4v) is 0.680. The van der Waals surface area contributed by atoms with Crippen molar-refractivity contribution in [3.8, 4) is 0 Å². The van der Waals surface area contributed by atoms with Gasteiger partial charge in [-0.05, 0) is 6.92 Å². The highest BCUT2D eigenvalue weighted by atomic mass is 19.3. The molecule has 0 saturated heterocycles. The van der Waals surface area contributed by atoms with Crippen molar-refractivity contribution in [1.29, 1.82) is 0 Å². The largest absolute Gasteiger partial charge is 0.321 e. The fourth-order valence-electron chi connectivity index (χ4n) is 0.680. The Labute approximate surface area is 61.3 Å². The van der Waals surface area contributed by atoms with Crippen molar-refractivity contribution in [3.05, 3.63) is 28.4 Å².